The summed E-state index contributed by atoms with van der Waals surface area (Å²) in [5.74, 6) is -0.353. The van der Waals surface area contributed by atoms with Crippen molar-refractivity contribution in [1.29, 1.82) is 0 Å². The van der Waals surface area contributed by atoms with Gasteiger partial charge >= 0.3 is 0 Å². The molecule has 0 aromatic heterocycles. The van der Waals surface area contributed by atoms with Gasteiger partial charge in [-0.3, -0.25) is 9.10 Å². The SMILES string of the molecule is CC[C@@H](NC(=O)[C@@H](C)N(c1cccc(F)c1)S(C)(=O)=O)c1ccc(OC)cc1. The molecule has 6 nitrogen and oxygen atoms in total. The van der Waals surface area contributed by atoms with E-state index in [9.17, 15) is 17.6 Å². The Kier molecular flexibility index (Phi) is 7.01. The molecule has 2 aromatic rings. The van der Waals surface area contributed by atoms with Crippen LogP contribution in [0.1, 0.15) is 31.9 Å². The van der Waals surface area contributed by atoms with Crippen molar-refractivity contribution < 1.29 is 22.3 Å². The van der Waals surface area contributed by atoms with E-state index >= 15 is 0 Å². The zero-order chi connectivity index (χ0) is 20.9. The van der Waals surface area contributed by atoms with Crippen molar-refractivity contribution in [3.8, 4) is 5.75 Å². The van der Waals surface area contributed by atoms with E-state index in [4.69, 9.17) is 4.74 Å². The van der Waals surface area contributed by atoms with E-state index in [2.05, 4.69) is 5.32 Å². The fourth-order valence-corrected chi connectivity index (χ4v) is 4.14. The van der Waals surface area contributed by atoms with Gasteiger partial charge in [0.25, 0.3) is 0 Å². The zero-order valence-electron chi connectivity index (χ0n) is 16.3. The number of carbonyl (C=O) groups excluding carboxylic acids is 1. The first-order valence-corrected chi connectivity index (χ1v) is 10.7. The molecule has 0 aliphatic rings. The Morgan fingerprint density at radius 1 is 1.21 bits per heavy atom. The van der Waals surface area contributed by atoms with E-state index in [1.165, 1.54) is 25.1 Å². The van der Waals surface area contributed by atoms with Gasteiger partial charge in [0.2, 0.25) is 15.9 Å². The molecule has 0 radical (unpaired) electrons. The van der Waals surface area contributed by atoms with Gasteiger partial charge in [0.1, 0.15) is 17.6 Å². The van der Waals surface area contributed by atoms with E-state index in [0.717, 1.165) is 22.2 Å². The Bertz CT molecular complexity index is 916. The molecule has 0 bridgehead atoms. The van der Waals surface area contributed by atoms with Crippen molar-refractivity contribution in [1.82, 2.24) is 5.32 Å². The van der Waals surface area contributed by atoms with E-state index in [0.29, 0.717) is 12.2 Å². The van der Waals surface area contributed by atoms with Gasteiger partial charge < -0.3 is 10.1 Å². The van der Waals surface area contributed by atoms with Crippen LogP contribution in [0, 0.1) is 5.82 Å². The van der Waals surface area contributed by atoms with E-state index in [1.807, 2.05) is 19.1 Å². The summed E-state index contributed by atoms with van der Waals surface area (Å²) in [6, 6.07) is 11.1. The average molecular weight is 408 g/mol. The minimum Gasteiger partial charge on any atom is -0.497 e. The number of nitrogens with one attached hydrogen (secondary N) is 1. The summed E-state index contributed by atoms with van der Waals surface area (Å²) in [6.45, 7) is 3.39. The number of amides is 1. The first-order valence-electron chi connectivity index (χ1n) is 8.86. The second-order valence-corrected chi connectivity index (χ2v) is 8.32. The maximum Gasteiger partial charge on any atom is 0.244 e. The largest absolute Gasteiger partial charge is 0.497 e. The summed E-state index contributed by atoms with van der Waals surface area (Å²) < 4.78 is 44.2. The van der Waals surface area contributed by atoms with Crippen LogP contribution in [0.2, 0.25) is 0 Å². The van der Waals surface area contributed by atoms with Crippen LogP contribution >= 0.6 is 0 Å². The Balaban J connectivity index is 2.26. The van der Waals surface area contributed by atoms with Crippen LogP contribution in [0.4, 0.5) is 10.1 Å². The van der Waals surface area contributed by atoms with Crippen molar-refractivity contribution in [2.75, 3.05) is 17.7 Å². The normalized spacial score (nSPS) is 13.5. The molecule has 1 N–H and O–H groups in total. The third-order valence-electron chi connectivity index (χ3n) is 4.39. The Labute approximate surface area is 165 Å². The number of hydrogen-bond donors (Lipinski definition) is 1. The molecule has 0 unspecified atom stereocenters. The molecule has 0 saturated carbocycles. The van der Waals surface area contributed by atoms with Gasteiger partial charge in [0.05, 0.1) is 25.1 Å². The molecule has 0 heterocycles. The van der Waals surface area contributed by atoms with Crippen LogP contribution in [0.5, 0.6) is 5.75 Å². The third-order valence-corrected chi connectivity index (χ3v) is 5.64. The number of hydrogen-bond acceptors (Lipinski definition) is 4. The van der Waals surface area contributed by atoms with Crippen LogP contribution in [0.25, 0.3) is 0 Å². The molecule has 0 fully saturated rings. The van der Waals surface area contributed by atoms with Crippen molar-refractivity contribution in [2.45, 2.75) is 32.4 Å². The molecule has 28 heavy (non-hydrogen) atoms. The first-order chi connectivity index (χ1) is 13.2. The predicted octanol–water partition coefficient (Wildman–Crippen LogP) is 3.26. The number of rotatable bonds is 8. The van der Waals surface area contributed by atoms with Crippen LogP contribution in [0.3, 0.4) is 0 Å². The number of methoxy groups -OCH3 is 1. The van der Waals surface area contributed by atoms with Crippen LogP contribution in [-0.2, 0) is 14.8 Å². The molecule has 0 saturated heterocycles. The third kappa shape index (κ3) is 5.22. The highest BCUT2D eigenvalue weighted by Gasteiger charge is 2.30. The van der Waals surface area contributed by atoms with Crippen molar-refractivity contribution in [3.05, 3.63) is 59.9 Å². The highest BCUT2D eigenvalue weighted by Crippen LogP contribution is 2.24. The summed E-state index contributed by atoms with van der Waals surface area (Å²) in [5, 5.41) is 2.88. The number of nitrogens with zero attached hydrogens (tertiary/aromatic N) is 1. The van der Waals surface area contributed by atoms with Gasteiger partial charge in [-0.1, -0.05) is 25.1 Å². The Morgan fingerprint density at radius 2 is 1.86 bits per heavy atom. The Hall–Kier alpha value is -2.61. The molecule has 0 aliphatic carbocycles. The Morgan fingerprint density at radius 3 is 2.36 bits per heavy atom. The topological polar surface area (TPSA) is 75.7 Å². The first kappa shape index (κ1) is 21.7. The smallest absolute Gasteiger partial charge is 0.244 e. The molecule has 1 amide bonds. The molecule has 8 heteroatoms. The van der Waals surface area contributed by atoms with Crippen molar-refractivity contribution >= 4 is 21.6 Å². The summed E-state index contributed by atoms with van der Waals surface area (Å²) in [5.41, 5.74) is 0.975. The van der Waals surface area contributed by atoms with Gasteiger partial charge in [0.15, 0.2) is 0 Å². The van der Waals surface area contributed by atoms with Gasteiger partial charge in [-0.05, 0) is 49.2 Å². The molecule has 2 aromatic carbocycles. The van der Waals surface area contributed by atoms with Crippen LogP contribution in [0.15, 0.2) is 48.5 Å². The highest BCUT2D eigenvalue weighted by molar-refractivity contribution is 7.92. The molecular weight excluding hydrogens is 383 g/mol. The molecule has 2 rings (SSSR count). The van der Waals surface area contributed by atoms with Gasteiger partial charge in [-0.15, -0.1) is 0 Å². The fraction of sp³-hybridized carbons (Fsp3) is 0.350. The van der Waals surface area contributed by atoms with E-state index in [1.54, 1.807) is 19.2 Å². The number of anilines is 1. The van der Waals surface area contributed by atoms with Gasteiger partial charge in [0, 0.05) is 0 Å². The summed E-state index contributed by atoms with van der Waals surface area (Å²) in [7, 11) is -2.23. The lowest BCUT2D eigenvalue weighted by molar-refractivity contribution is -0.122. The number of benzene rings is 2. The number of halogens is 1. The molecular formula is C20H25FN2O4S. The van der Waals surface area contributed by atoms with Crippen LogP contribution < -0.4 is 14.4 Å². The van der Waals surface area contributed by atoms with Gasteiger partial charge in [-0.2, -0.15) is 0 Å². The van der Waals surface area contributed by atoms with Crippen LogP contribution in [-0.4, -0.2) is 33.7 Å². The second-order valence-electron chi connectivity index (χ2n) is 6.46. The molecule has 0 aliphatic heterocycles. The minimum absolute atomic E-state index is 0.0997. The van der Waals surface area contributed by atoms with Crippen molar-refractivity contribution in [2.24, 2.45) is 0 Å². The quantitative estimate of drug-likeness (QED) is 0.728. The lowest BCUT2D eigenvalue weighted by atomic mass is 10.0. The molecule has 0 spiro atoms. The van der Waals surface area contributed by atoms with E-state index < -0.39 is 27.8 Å². The number of sulfonamides is 1. The number of ether oxygens (including phenoxy) is 1. The van der Waals surface area contributed by atoms with Crippen molar-refractivity contribution in [3.63, 3.8) is 0 Å². The lowest BCUT2D eigenvalue weighted by Gasteiger charge is -2.29. The lowest BCUT2D eigenvalue weighted by Crippen LogP contribution is -2.48. The zero-order valence-corrected chi connectivity index (χ0v) is 17.2. The standard InChI is InChI=1S/C20H25FN2O4S/c1-5-19(15-9-11-18(27-3)12-10-15)22-20(24)14(2)23(28(4,25)26)17-8-6-7-16(21)13-17/h6-14,19H,5H2,1-4H3,(H,22,24)/t14-,19-/m1/s1. The van der Waals surface area contributed by atoms with Gasteiger partial charge in [-0.25, -0.2) is 12.8 Å². The number of carbonyl (C=O) groups is 1. The summed E-state index contributed by atoms with van der Waals surface area (Å²) in [4.78, 5) is 12.8. The monoisotopic (exact) mass is 408 g/mol. The molecule has 2 atom stereocenters. The summed E-state index contributed by atoms with van der Waals surface area (Å²) >= 11 is 0. The second kappa shape index (κ2) is 9.05. The highest BCUT2D eigenvalue weighted by atomic mass is 32.2. The fourth-order valence-electron chi connectivity index (χ4n) is 2.97. The minimum atomic E-state index is -3.81. The average Bonchev–Trinajstić information content (AvgIpc) is 2.65. The van der Waals surface area contributed by atoms with E-state index in [-0.39, 0.29) is 11.7 Å². The molecule has 152 valence electrons. The maximum atomic E-state index is 13.6. The maximum absolute atomic E-state index is 13.6. The summed E-state index contributed by atoms with van der Waals surface area (Å²) in [6.07, 6.45) is 1.60. The predicted molar refractivity (Wildman–Crippen MR) is 107 cm³/mol.